The molecule has 1 amide bonds. The highest BCUT2D eigenvalue weighted by Crippen LogP contribution is 2.29. The van der Waals surface area contributed by atoms with Crippen LogP contribution in [0.5, 0.6) is 11.5 Å². The molecule has 0 saturated heterocycles. The van der Waals surface area contributed by atoms with Crippen LogP contribution in [0.25, 0.3) is 11.3 Å². The van der Waals surface area contributed by atoms with Crippen molar-refractivity contribution in [3.63, 3.8) is 0 Å². The first kappa shape index (κ1) is 18.5. The summed E-state index contributed by atoms with van der Waals surface area (Å²) in [6.45, 7) is 2.03. The second-order valence-corrected chi connectivity index (χ2v) is 6.10. The zero-order chi connectivity index (χ0) is 19.2. The van der Waals surface area contributed by atoms with E-state index in [1.807, 2.05) is 31.2 Å². The Kier molecular flexibility index (Phi) is 5.76. The Hall–Kier alpha value is -3.28. The highest BCUT2D eigenvalue weighted by atomic mass is 16.5. The first-order valence-electron chi connectivity index (χ1n) is 8.62. The van der Waals surface area contributed by atoms with Crippen molar-refractivity contribution in [3.8, 4) is 22.8 Å². The minimum absolute atomic E-state index is 0.127. The third-order valence-electron chi connectivity index (χ3n) is 4.12. The van der Waals surface area contributed by atoms with Crippen molar-refractivity contribution in [1.82, 2.24) is 4.98 Å². The summed E-state index contributed by atoms with van der Waals surface area (Å²) in [5.74, 6) is 2.28. The van der Waals surface area contributed by atoms with E-state index in [-0.39, 0.29) is 12.3 Å². The van der Waals surface area contributed by atoms with Gasteiger partial charge in [-0.1, -0.05) is 29.8 Å². The molecule has 0 atom stereocenters. The van der Waals surface area contributed by atoms with Crippen molar-refractivity contribution in [2.75, 3.05) is 19.5 Å². The minimum atomic E-state index is -0.127. The number of nitrogens with zero attached hydrogens (tertiary/aromatic N) is 1. The normalized spacial score (nSPS) is 10.5. The third-order valence-corrected chi connectivity index (χ3v) is 4.12. The molecule has 6 nitrogen and oxygen atoms in total. The van der Waals surface area contributed by atoms with Crippen molar-refractivity contribution >= 4 is 11.6 Å². The number of amides is 1. The second kappa shape index (κ2) is 8.40. The Labute approximate surface area is 158 Å². The molecule has 0 unspecified atom stereocenters. The predicted molar refractivity (Wildman–Crippen MR) is 103 cm³/mol. The van der Waals surface area contributed by atoms with E-state index in [2.05, 4.69) is 10.3 Å². The monoisotopic (exact) mass is 366 g/mol. The van der Waals surface area contributed by atoms with E-state index in [0.717, 1.165) is 5.56 Å². The number of nitrogens with one attached hydrogen (secondary N) is 1. The molecular weight excluding hydrogens is 344 g/mol. The van der Waals surface area contributed by atoms with Gasteiger partial charge >= 0.3 is 0 Å². The lowest BCUT2D eigenvalue weighted by Gasteiger charge is -2.10. The van der Waals surface area contributed by atoms with Crippen LogP contribution in [0, 0.1) is 6.92 Å². The van der Waals surface area contributed by atoms with Crippen molar-refractivity contribution in [2.45, 2.75) is 19.8 Å². The summed E-state index contributed by atoms with van der Waals surface area (Å²) in [6.07, 6.45) is 2.37. The molecule has 0 bridgehead atoms. The maximum Gasteiger partial charge on any atom is 0.224 e. The van der Waals surface area contributed by atoms with Gasteiger partial charge in [-0.25, -0.2) is 4.98 Å². The van der Waals surface area contributed by atoms with E-state index in [4.69, 9.17) is 13.9 Å². The molecule has 0 aliphatic rings. The van der Waals surface area contributed by atoms with Gasteiger partial charge in [0, 0.05) is 30.2 Å². The zero-order valence-electron chi connectivity index (χ0n) is 15.6. The number of carbonyl (C=O) groups excluding carboxylic acids is 1. The quantitative estimate of drug-likeness (QED) is 0.677. The minimum Gasteiger partial charge on any atom is -0.493 e. The number of benzene rings is 2. The molecule has 0 aliphatic carbocycles. The summed E-state index contributed by atoms with van der Waals surface area (Å²) in [6, 6.07) is 13.3. The smallest absolute Gasteiger partial charge is 0.224 e. The molecule has 1 N–H and O–H groups in total. The number of oxazole rings is 1. The summed E-state index contributed by atoms with van der Waals surface area (Å²) in [7, 11) is 3.12. The van der Waals surface area contributed by atoms with Crippen LogP contribution in [0.2, 0.25) is 0 Å². The summed E-state index contributed by atoms with van der Waals surface area (Å²) < 4.78 is 16.2. The fourth-order valence-corrected chi connectivity index (χ4v) is 2.64. The van der Waals surface area contributed by atoms with E-state index in [9.17, 15) is 4.79 Å². The van der Waals surface area contributed by atoms with Crippen molar-refractivity contribution < 1.29 is 18.7 Å². The molecule has 1 heterocycles. The molecule has 6 heteroatoms. The third kappa shape index (κ3) is 4.67. The number of aromatic nitrogens is 1. The van der Waals surface area contributed by atoms with Crippen molar-refractivity contribution in [3.05, 3.63) is 60.1 Å². The van der Waals surface area contributed by atoms with Gasteiger partial charge in [0.05, 0.1) is 20.4 Å². The maximum atomic E-state index is 12.2. The van der Waals surface area contributed by atoms with Crippen LogP contribution >= 0.6 is 0 Å². The van der Waals surface area contributed by atoms with Crippen LogP contribution in [0.15, 0.2) is 53.1 Å². The number of carbonyl (C=O) groups is 1. The Morgan fingerprint density at radius 1 is 1.07 bits per heavy atom. The predicted octanol–water partition coefficient (Wildman–Crippen LogP) is 4.24. The van der Waals surface area contributed by atoms with E-state index in [1.54, 1.807) is 38.6 Å². The van der Waals surface area contributed by atoms with Gasteiger partial charge in [0.25, 0.3) is 0 Å². The topological polar surface area (TPSA) is 73.6 Å². The Bertz CT molecular complexity index is 916. The van der Waals surface area contributed by atoms with Crippen molar-refractivity contribution in [1.29, 1.82) is 0 Å². The zero-order valence-corrected chi connectivity index (χ0v) is 15.6. The summed E-state index contributed by atoms with van der Waals surface area (Å²) >= 11 is 0. The highest BCUT2D eigenvalue weighted by molar-refractivity contribution is 5.91. The Balaban J connectivity index is 1.57. The molecule has 1 aromatic heterocycles. The Morgan fingerprint density at radius 3 is 2.52 bits per heavy atom. The van der Waals surface area contributed by atoms with Crippen LogP contribution in [0.4, 0.5) is 5.69 Å². The molecule has 140 valence electrons. The molecule has 3 aromatic rings. The van der Waals surface area contributed by atoms with Crippen LogP contribution in [0.3, 0.4) is 0 Å². The van der Waals surface area contributed by atoms with Crippen molar-refractivity contribution in [2.24, 2.45) is 0 Å². The van der Waals surface area contributed by atoms with E-state index in [1.165, 1.54) is 5.56 Å². The lowest BCUT2D eigenvalue weighted by molar-refractivity contribution is -0.116. The Morgan fingerprint density at radius 2 is 1.81 bits per heavy atom. The van der Waals surface area contributed by atoms with Gasteiger partial charge in [-0.3, -0.25) is 4.79 Å². The molecular formula is C21H22N2O4. The average molecular weight is 366 g/mol. The molecule has 2 aromatic carbocycles. The number of rotatable bonds is 7. The van der Waals surface area contributed by atoms with Gasteiger partial charge in [0.15, 0.2) is 23.1 Å². The highest BCUT2D eigenvalue weighted by Gasteiger charge is 2.11. The van der Waals surface area contributed by atoms with Crippen LogP contribution in [-0.4, -0.2) is 25.1 Å². The van der Waals surface area contributed by atoms with Gasteiger partial charge in [-0.2, -0.15) is 0 Å². The second-order valence-electron chi connectivity index (χ2n) is 6.10. The summed E-state index contributed by atoms with van der Waals surface area (Å²) in [5.41, 5.74) is 2.80. The van der Waals surface area contributed by atoms with Crippen LogP contribution in [0.1, 0.15) is 17.9 Å². The van der Waals surface area contributed by atoms with Gasteiger partial charge in [-0.15, -0.1) is 0 Å². The average Bonchev–Trinajstić information content (AvgIpc) is 3.16. The summed E-state index contributed by atoms with van der Waals surface area (Å²) in [5, 5.41) is 2.84. The number of anilines is 1. The fraction of sp³-hybridized carbons (Fsp3) is 0.238. The van der Waals surface area contributed by atoms with Gasteiger partial charge in [-0.05, 0) is 19.1 Å². The number of methoxy groups -OCH3 is 2. The largest absolute Gasteiger partial charge is 0.493 e. The van der Waals surface area contributed by atoms with Crippen LogP contribution < -0.4 is 14.8 Å². The maximum absolute atomic E-state index is 12.2. The summed E-state index contributed by atoms with van der Waals surface area (Å²) in [4.78, 5) is 16.5. The van der Waals surface area contributed by atoms with Gasteiger partial charge in [0.2, 0.25) is 5.91 Å². The lowest BCUT2D eigenvalue weighted by atomic mass is 10.1. The molecule has 0 saturated carbocycles. The molecule has 0 radical (unpaired) electrons. The van der Waals surface area contributed by atoms with Crippen LogP contribution in [-0.2, 0) is 11.2 Å². The molecule has 0 fully saturated rings. The number of ether oxygens (including phenoxy) is 2. The number of hydrogen-bond acceptors (Lipinski definition) is 5. The number of hydrogen-bond donors (Lipinski definition) is 1. The molecule has 0 aliphatic heterocycles. The first-order chi connectivity index (χ1) is 13.1. The van der Waals surface area contributed by atoms with E-state index >= 15 is 0 Å². The van der Waals surface area contributed by atoms with E-state index < -0.39 is 0 Å². The fourth-order valence-electron chi connectivity index (χ4n) is 2.64. The molecule has 3 rings (SSSR count). The SMILES string of the molecule is COc1ccc(NC(=O)CCc2ncc(-c3ccc(C)cc3)o2)cc1OC. The molecule has 0 spiro atoms. The first-order valence-corrected chi connectivity index (χ1v) is 8.62. The van der Waals surface area contributed by atoms with E-state index in [0.29, 0.717) is 35.3 Å². The van der Waals surface area contributed by atoms with Gasteiger partial charge < -0.3 is 19.2 Å². The molecule has 27 heavy (non-hydrogen) atoms. The van der Waals surface area contributed by atoms with Gasteiger partial charge in [0.1, 0.15) is 0 Å². The standard InChI is InChI=1S/C21H22N2O4/c1-14-4-6-15(7-5-14)19-13-22-21(27-19)11-10-20(24)23-16-8-9-17(25-2)18(12-16)26-3/h4-9,12-13H,10-11H2,1-3H3,(H,23,24). The lowest BCUT2D eigenvalue weighted by Crippen LogP contribution is -2.12. The number of aryl methyl sites for hydroxylation is 2.